The average Bonchev–Trinajstić information content (AvgIpc) is 3.05. The Kier molecular flexibility index (Phi) is 5.33. The Labute approximate surface area is 133 Å². The van der Waals surface area contributed by atoms with Gasteiger partial charge in [0, 0.05) is 32.7 Å². The summed E-state index contributed by atoms with van der Waals surface area (Å²) < 4.78 is 0. The number of hydrogen-bond donors (Lipinski definition) is 1. The predicted octanol–water partition coefficient (Wildman–Crippen LogP) is 2.26. The lowest BCUT2D eigenvalue weighted by Gasteiger charge is -2.35. The third kappa shape index (κ3) is 3.67. The molecule has 0 aromatic carbocycles. The SMILES string of the molecule is CNC(=O)N1CCC(C2CCN(C3CCSCC3)C2)CC1. The number of hydrogen-bond acceptors (Lipinski definition) is 3. The molecular formula is C16H29N3OS. The van der Waals surface area contributed by atoms with E-state index in [4.69, 9.17) is 0 Å². The van der Waals surface area contributed by atoms with Gasteiger partial charge in [0.2, 0.25) is 0 Å². The fourth-order valence-corrected chi connectivity index (χ4v) is 5.40. The highest BCUT2D eigenvalue weighted by Gasteiger charge is 2.35. The quantitative estimate of drug-likeness (QED) is 0.850. The molecule has 4 nitrogen and oxygen atoms in total. The van der Waals surface area contributed by atoms with E-state index < -0.39 is 0 Å². The summed E-state index contributed by atoms with van der Waals surface area (Å²) in [6.07, 6.45) is 6.58. The average molecular weight is 311 g/mol. The smallest absolute Gasteiger partial charge is 0.317 e. The van der Waals surface area contributed by atoms with Gasteiger partial charge in [-0.25, -0.2) is 4.79 Å². The first-order chi connectivity index (χ1) is 10.3. The van der Waals surface area contributed by atoms with Crippen LogP contribution in [0.5, 0.6) is 0 Å². The molecule has 3 aliphatic rings. The lowest BCUT2D eigenvalue weighted by atomic mass is 9.84. The number of rotatable bonds is 2. The molecule has 0 aliphatic carbocycles. The monoisotopic (exact) mass is 311 g/mol. The van der Waals surface area contributed by atoms with Crippen molar-refractivity contribution in [3.63, 3.8) is 0 Å². The number of carbonyl (C=O) groups is 1. The van der Waals surface area contributed by atoms with Crippen molar-refractivity contribution in [2.75, 3.05) is 44.7 Å². The molecule has 3 saturated heterocycles. The lowest BCUT2D eigenvalue weighted by Crippen LogP contribution is -2.44. The van der Waals surface area contributed by atoms with Gasteiger partial charge in [-0.3, -0.25) is 0 Å². The maximum absolute atomic E-state index is 11.7. The summed E-state index contributed by atoms with van der Waals surface area (Å²) in [5, 5.41) is 2.75. The molecule has 0 radical (unpaired) electrons. The molecule has 2 amide bonds. The van der Waals surface area contributed by atoms with Crippen LogP contribution in [0.15, 0.2) is 0 Å². The van der Waals surface area contributed by atoms with Crippen molar-refractivity contribution in [3.8, 4) is 0 Å². The molecular weight excluding hydrogens is 282 g/mol. The van der Waals surface area contributed by atoms with E-state index in [1.165, 1.54) is 56.7 Å². The van der Waals surface area contributed by atoms with Crippen molar-refractivity contribution in [2.45, 2.75) is 38.1 Å². The molecule has 3 heterocycles. The normalized spacial score (nSPS) is 29.8. The van der Waals surface area contributed by atoms with Crippen LogP contribution in [0, 0.1) is 11.8 Å². The summed E-state index contributed by atoms with van der Waals surface area (Å²) in [4.78, 5) is 16.4. The third-order valence-corrected chi connectivity index (χ3v) is 6.72. The molecule has 0 spiro atoms. The Balaban J connectivity index is 1.45. The van der Waals surface area contributed by atoms with Gasteiger partial charge in [0.25, 0.3) is 0 Å². The molecule has 0 saturated carbocycles. The zero-order valence-corrected chi connectivity index (χ0v) is 14.0. The molecule has 120 valence electrons. The highest BCUT2D eigenvalue weighted by molar-refractivity contribution is 7.99. The lowest BCUT2D eigenvalue weighted by molar-refractivity contribution is 0.146. The number of amides is 2. The van der Waals surface area contributed by atoms with Gasteiger partial charge in [-0.1, -0.05) is 0 Å². The Morgan fingerprint density at radius 3 is 2.33 bits per heavy atom. The summed E-state index contributed by atoms with van der Waals surface area (Å²) in [5.41, 5.74) is 0. The second-order valence-corrected chi connectivity index (χ2v) is 7.99. The largest absolute Gasteiger partial charge is 0.341 e. The Bertz CT molecular complexity index is 351. The summed E-state index contributed by atoms with van der Waals surface area (Å²) in [5.74, 6) is 4.44. The van der Waals surface area contributed by atoms with Crippen LogP contribution in [-0.2, 0) is 0 Å². The number of likely N-dealkylation sites (tertiary alicyclic amines) is 2. The van der Waals surface area contributed by atoms with Crippen LogP contribution in [0.3, 0.4) is 0 Å². The number of carbonyl (C=O) groups excluding carboxylic acids is 1. The summed E-state index contributed by atoms with van der Waals surface area (Å²) in [6, 6.07) is 0.961. The zero-order chi connectivity index (χ0) is 14.7. The standard InChI is InChI=1S/C16H29N3OS/c1-17-16(20)18-7-2-13(3-8-18)14-4-9-19(12-14)15-5-10-21-11-6-15/h13-15H,2-12H2,1H3,(H,17,20). The number of nitrogens with one attached hydrogen (secondary N) is 1. The fraction of sp³-hybridized carbons (Fsp3) is 0.938. The summed E-state index contributed by atoms with van der Waals surface area (Å²) in [7, 11) is 1.73. The zero-order valence-electron chi connectivity index (χ0n) is 13.2. The van der Waals surface area contributed by atoms with E-state index in [1.807, 2.05) is 4.90 Å². The molecule has 3 rings (SSSR count). The summed E-state index contributed by atoms with van der Waals surface area (Å²) >= 11 is 2.12. The first-order valence-corrected chi connectivity index (χ1v) is 9.72. The Morgan fingerprint density at radius 2 is 1.67 bits per heavy atom. The van der Waals surface area contributed by atoms with Gasteiger partial charge >= 0.3 is 6.03 Å². The van der Waals surface area contributed by atoms with E-state index in [9.17, 15) is 4.79 Å². The van der Waals surface area contributed by atoms with Gasteiger partial charge in [-0.2, -0.15) is 11.8 Å². The molecule has 0 aromatic heterocycles. The van der Waals surface area contributed by atoms with Crippen molar-refractivity contribution in [3.05, 3.63) is 0 Å². The first-order valence-electron chi connectivity index (χ1n) is 8.56. The number of piperidine rings is 1. The van der Waals surface area contributed by atoms with Crippen LogP contribution in [0.25, 0.3) is 0 Å². The van der Waals surface area contributed by atoms with E-state index in [1.54, 1.807) is 7.05 Å². The topological polar surface area (TPSA) is 35.6 Å². The van der Waals surface area contributed by atoms with Gasteiger partial charge in [-0.05, 0) is 62.0 Å². The second-order valence-electron chi connectivity index (χ2n) is 6.77. The van der Waals surface area contributed by atoms with E-state index in [0.717, 1.165) is 31.0 Å². The van der Waals surface area contributed by atoms with Gasteiger partial charge in [-0.15, -0.1) is 0 Å². The van der Waals surface area contributed by atoms with Crippen LogP contribution in [-0.4, -0.2) is 66.6 Å². The molecule has 1 N–H and O–H groups in total. The van der Waals surface area contributed by atoms with Crippen molar-refractivity contribution in [1.82, 2.24) is 15.1 Å². The van der Waals surface area contributed by atoms with E-state index in [0.29, 0.717) is 0 Å². The molecule has 3 fully saturated rings. The molecule has 1 atom stereocenters. The minimum Gasteiger partial charge on any atom is -0.341 e. The number of urea groups is 1. The minimum atomic E-state index is 0.0983. The second kappa shape index (κ2) is 7.23. The molecule has 5 heteroatoms. The maximum Gasteiger partial charge on any atom is 0.317 e. The van der Waals surface area contributed by atoms with Crippen molar-refractivity contribution >= 4 is 17.8 Å². The van der Waals surface area contributed by atoms with E-state index >= 15 is 0 Å². The molecule has 21 heavy (non-hydrogen) atoms. The Morgan fingerprint density at radius 1 is 1.00 bits per heavy atom. The maximum atomic E-state index is 11.7. The van der Waals surface area contributed by atoms with Crippen LogP contribution in [0.2, 0.25) is 0 Å². The molecule has 0 bridgehead atoms. The predicted molar refractivity (Wildman–Crippen MR) is 88.8 cm³/mol. The van der Waals surface area contributed by atoms with E-state index in [-0.39, 0.29) is 6.03 Å². The highest BCUT2D eigenvalue weighted by atomic mass is 32.2. The Hall–Kier alpha value is -0.420. The van der Waals surface area contributed by atoms with Crippen LogP contribution in [0.1, 0.15) is 32.1 Å². The minimum absolute atomic E-state index is 0.0983. The molecule has 1 unspecified atom stereocenters. The van der Waals surface area contributed by atoms with Crippen LogP contribution < -0.4 is 5.32 Å². The van der Waals surface area contributed by atoms with Gasteiger partial charge < -0.3 is 15.1 Å². The van der Waals surface area contributed by atoms with Crippen molar-refractivity contribution in [1.29, 1.82) is 0 Å². The number of nitrogens with zero attached hydrogens (tertiary/aromatic N) is 2. The summed E-state index contributed by atoms with van der Waals surface area (Å²) in [6.45, 7) is 4.53. The van der Waals surface area contributed by atoms with Crippen molar-refractivity contribution in [2.24, 2.45) is 11.8 Å². The van der Waals surface area contributed by atoms with E-state index in [2.05, 4.69) is 22.0 Å². The van der Waals surface area contributed by atoms with Crippen LogP contribution in [0.4, 0.5) is 4.79 Å². The molecule has 0 aromatic rings. The van der Waals surface area contributed by atoms with Gasteiger partial charge in [0.05, 0.1) is 0 Å². The van der Waals surface area contributed by atoms with Gasteiger partial charge in [0.15, 0.2) is 0 Å². The van der Waals surface area contributed by atoms with Crippen molar-refractivity contribution < 1.29 is 4.79 Å². The highest BCUT2D eigenvalue weighted by Crippen LogP contribution is 2.34. The third-order valence-electron chi connectivity index (χ3n) is 5.67. The first kappa shape index (κ1) is 15.5. The number of thioether (sulfide) groups is 1. The van der Waals surface area contributed by atoms with Crippen LogP contribution >= 0.6 is 11.8 Å². The molecule has 3 aliphatic heterocycles. The fourth-order valence-electron chi connectivity index (χ4n) is 4.31. The van der Waals surface area contributed by atoms with Gasteiger partial charge in [0.1, 0.15) is 0 Å².